The van der Waals surface area contributed by atoms with Gasteiger partial charge >= 0.3 is 0 Å². The van der Waals surface area contributed by atoms with E-state index in [0.29, 0.717) is 0 Å². The van der Waals surface area contributed by atoms with Crippen molar-refractivity contribution in [3.8, 4) is 0 Å². The van der Waals surface area contributed by atoms with Crippen molar-refractivity contribution >= 4 is 5.95 Å². The van der Waals surface area contributed by atoms with Gasteiger partial charge in [0, 0.05) is 31.2 Å². The molecule has 0 aromatic carbocycles. The van der Waals surface area contributed by atoms with E-state index in [9.17, 15) is 0 Å². The van der Waals surface area contributed by atoms with Crippen LogP contribution in [0.15, 0.2) is 31.2 Å². The van der Waals surface area contributed by atoms with E-state index in [0.717, 1.165) is 37.6 Å². The van der Waals surface area contributed by atoms with Crippen LogP contribution in [0, 0.1) is 6.92 Å². The average molecular weight is 245 g/mol. The van der Waals surface area contributed by atoms with Gasteiger partial charge in [0.1, 0.15) is 0 Å². The number of hydrogen-bond donors (Lipinski definition) is 2. The largest absolute Gasteiger partial charge is 0.356 e. The van der Waals surface area contributed by atoms with Crippen molar-refractivity contribution in [1.29, 1.82) is 0 Å². The molecular formula is C13H19N5. The summed E-state index contributed by atoms with van der Waals surface area (Å²) < 4.78 is 2.04. The number of aryl methyl sites for hydroxylation is 2. The predicted octanol–water partition coefficient (Wildman–Crippen LogP) is 2.15. The summed E-state index contributed by atoms with van der Waals surface area (Å²) in [5, 5.41) is 10.3. The minimum absolute atomic E-state index is 0.781. The summed E-state index contributed by atoms with van der Waals surface area (Å²) in [6, 6.07) is 0. The van der Waals surface area contributed by atoms with Gasteiger partial charge in [0.25, 0.3) is 0 Å². The SMILES string of the molecule is C=CCn1ccnc1NCCCc1cn[nH]c1C. The van der Waals surface area contributed by atoms with Crippen molar-refractivity contribution < 1.29 is 0 Å². The van der Waals surface area contributed by atoms with Gasteiger partial charge < -0.3 is 9.88 Å². The number of imidazole rings is 1. The minimum Gasteiger partial charge on any atom is -0.356 e. The monoisotopic (exact) mass is 245 g/mol. The van der Waals surface area contributed by atoms with Gasteiger partial charge in [-0.15, -0.1) is 6.58 Å². The molecule has 0 amide bonds. The number of nitrogens with zero attached hydrogens (tertiary/aromatic N) is 3. The molecule has 0 bridgehead atoms. The van der Waals surface area contributed by atoms with Crippen molar-refractivity contribution in [2.24, 2.45) is 0 Å². The minimum atomic E-state index is 0.781. The topological polar surface area (TPSA) is 58.5 Å². The molecule has 0 spiro atoms. The van der Waals surface area contributed by atoms with E-state index in [1.807, 2.05) is 30.0 Å². The molecule has 96 valence electrons. The third-order valence-corrected chi connectivity index (χ3v) is 2.88. The molecule has 2 aromatic heterocycles. The number of rotatable bonds is 7. The Balaban J connectivity index is 1.76. The Hall–Kier alpha value is -2.04. The maximum Gasteiger partial charge on any atom is 0.203 e. The van der Waals surface area contributed by atoms with Gasteiger partial charge in [0.05, 0.1) is 6.20 Å². The van der Waals surface area contributed by atoms with Gasteiger partial charge in [-0.2, -0.15) is 5.10 Å². The molecule has 2 N–H and O–H groups in total. The lowest BCUT2D eigenvalue weighted by atomic mass is 10.1. The fourth-order valence-electron chi connectivity index (χ4n) is 1.87. The summed E-state index contributed by atoms with van der Waals surface area (Å²) in [6.07, 6.45) is 9.59. The maximum absolute atomic E-state index is 4.27. The number of aromatic amines is 1. The third-order valence-electron chi connectivity index (χ3n) is 2.88. The molecule has 2 heterocycles. The number of allylic oxidation sites excluding steroid dienone is 1. The third kappa shape index (κ3) is 3.00. The Morgan fingerprint density at radius 3 is 3.17 bits per heavy atom. The van der Waals surface area contributed by atoms with Crippen LogP contribution in [0.2, 0.25) is 0 Å². The number of aromatic nitrogens is 4. The fourth-order valence-corrected chi connectivity index (χ4v) is 1.87. The first-order valence-corrected chi connectivity index (χ1v) is 6.16. The molecular weight excluding hydrogens is 226 g/mol. The first-order chi connectivity index (χ1) is 8.81. The lowest BCUT2D eigenvalue weighted by Crippen LogP contribution is -2.09. The summed E-state index contributed by atoms with van der Waals surface area (Å²) >= 11 is 0. The average Bonchev–Trinajstić information content (AvgIpc) is 2.95. The normalized spacial score (nSPS) is 10.5. The number of nitrogens with one attached hydrogen (secondary N) is 2. The van der Waals surface area contributed by atoms with E-state index in [1.54, 1.807) is 6.20 Å². The zero-order valence-electron chi connectivity index (χ0n) is 10.7. The second-order valence-electron chi connectivity index (χ2n) is 4.24. The van der Waals surface area contributed by atoms with E-state index in [2.05, 4.69) is 27.1 Å². The molecule has 2 aromatic rings. The first kappa shape index (κ1) is 12.4. The van der Waals surface area contributed by atoms with Crippen LogP contribution in [0.3, 0.4) is 0 Å². The second-order valence-corrected chi connectivity index (χ2v) is 4.24. The summed E-state index contributed by atoms with van der Waals surface area (Å²) in [4.78, 5) is 4.27. The fraction of sp³-hybridized carbons (Fsp3) is 0.385. The van der Waals surface area contributed by atoms with E-state index in [-0.39, 0.29) is 0 Å². The van der Waals surface area contributed by atoms with Crippen LogP contribution in [0.25, 0.3) is 0 Å². The molecule has 0 radical (unpaired) electrons. The van der Waals surface area contributed by atoms with Crippen LogP contribution >= 0.6 is 0 Å². The zero-order valence-corrected chi connectivity index (χ0v) is 10.7. The molecule has 0 aliphatic rings. The quantitative estimate of drug-likeness (QED) is 0.580. The molecule has 0 saturated heterocycles. The van der Waals surface area contributed by atoms with Crippen LogP contribution in [0.4, 0.5) is 5.95 Å². The predicted molar refractivity (Wildman–Crippen MR) is 72.6 cm³/mol. The van der Waals surface area contributed by atoms with E-state index >= 15 is 0 Å². The Bertz CT molecular complexity index is 497. The summed E-state index contributed by atoms with van der Waals surface area (Å²) in [5.74, 6) is 0.902. The summed E-state index contributed by atoms with van der Waals surface area (Å²) in [5.41, 5.74) is 2.44. The van der Waals surface area contributed by atoms with Gasteiger partial charge in [-0.3, -0.25) is 5.10 Å². The highest BCUT2D eigenvalue weighted by atomic mass is 15.2. The highest BCUT2D eigenvalue weighted by Gasteiger charge is 2.02. The van der Waals surface area contributed by atoms with Gasteiger partial charge in [-0.25, -0.2) is 4.98 Å². The smallest absolute Gasteiger partial charge is 0.203 e. The van der Waals surface area contributed by atoms with E-state index in [1.165, 1.54) is 5.56 Å². The van der Waals surface area contributed by atoms with Crippen LogP contribution < -0.4 is 5.32 Å². The maximum atomic E-state index is 4.27. The number of H-pyrrole nitrogens is 1. The molecule has 0 aliphatic carbocycles. The van der Waals surface area contributed by atoms with Crippen LogP contribution in [0.1, 0.15) is 17.7 Å². The van der Waals surface area contributed by atoms with Gasteiger partial charge in [-0.1, -0.05) is 6.08 Å². The molecule has 0 aliphatic heterocycles. The second kappa shape index (κ2) is 6.05. The molecule has 0 unspecified atom stereocenters. The van der Waals surface area contributed by atoms with Crippen molar-refractivity contribution in [3.05, 3.63) is 42.5 Å². The Morgan fingerprint density at radius 2 is 2.44 bits per heavy atom. The standard InChI is InChI=1S/C13H19N5/c1-3-8-18-9-7-15-13(18)14-6-4-5-12-10-16-17-11(12)2/h3,7,9-10H,1,4-6,8H2,2H3,(H,14,15)(H,16,17). The van der Waals surface area contributed by atoms with E-state index < -0.39 is 0 Å². The summed E-state index contributed by atoms with van der Waals surface area (Å²) in [7, 11) is 0. The van der Waals surface area contributed by atoms with Crippen LogP contribution in [-0.2, 0) is 13.0 Å². The van der Waals surface area contributed by atoms with Crippen molar-refractivity contribution in [3.63, 3.8) is 0 Å². The Morgan fingerprint density at radius 1 is 1.56 bits per heavy atom. The highest BCUT2D eigenvalue weighted by Crippen LogP contribution is 2.07. The molecule has 18 heavy (non-hydrogen) atoms. The van der Waals surface area contributed by atoms with Crippen LogP contribution in [0.5, 0.6) is 0 Å². The van der Waals surface area contributed by atoms with Crippen molar-refractivity contribution in [1.82, 2.24) is 19.7 Å². The Labute approximate surface area is 107 Å². The van der Waals surface area contributed by atoms with Gasteiger partial charge in [-0.05, 0) is 25.3 Å². The zero-order chi connectivity index (χ0) is 12.8. The van der Waals surface area contributed by atoms with E-state index in [4.69, 9.17) is 0 Å². The first-order valence-electron chi connectivity index (χ1n) is 6.16. The highest BCUT2D eigenvalue weighted by molar-refractivity contribution is 5.26. The molecule has 0 atom stereocenters. The summed E-state index contributed by atoms with van der Waals surface area (Å²) in [6.45, 7) is 7.46. The van der Waals surface area contributed by atoms with Crippen molar-refractivity contribution in [2.45, 2.75) is 26.3 Å². The molecule has 5 nitrogen and oxygen atoms in total. The molecule has 5 heteroatoms. The number of anilines is 1. The van der Waals surface area contributed by atoms with Gasteiger partial charge in [0.15, 0.2) is 0 Å². The lowest BCUT2D eigenvalue weighted by molar-refractivity contribution is 0.796. The lowest BCUT2D eigenvalue weighted by Gasteiger charge is -2.07. The van der Waals surface area contributed by atoms with Crippen molar-refractivity contribution in [2.75, 3.05) is 11.9 Å². The Kier molecular flexibility index (Phi) is 4.17. The molecule has 0 fully saturated rings. The molecule has 0 saturated carbocycles. The van der Waals surface area contributed by atoms with Crippen LogP contribution in [-0.4, -0.2) is 26.3 Å². The number of hydrogen-bond acceptors (Lipinski definition) is 3. The molecule has 2 rings (SSSR count). The van der Waals surface area contributed by atoms with Gasteiger partial charge in [0.2, 0.25) is 5.95 Å².